The summed E-state index contributed by atoms with van der Waals surface area (Å²) in [5, 5.41) is 14.9. The maximum Gasteiger partial charge on any atom is 0.191 e. The second-order valence-electron chi connectivity index (χ2n) is 4.90. The molecule has 1 aromatic rings. The summed E-state index contributed by atoms with van der Waals surface area (Å²) in [5.41, 5.74) is 0. The van der Waals surface area contributed by atoms with Crippen LogP contribution in [-0.4, -0.2) is 51.9 Å². The first-order valence-corrected chi connectivity index (χ1v) is 9.01. The van der Waals surface area contributed by atoms with Crippen LogP contribution in [0.3, 0.4) is 0 Å². The van der Waals surface area contributed by atoms with Gasteiger partial charge >= 0.3 is 0 Å². The molecule has 1 rings (SSSR count). The predicted octanol–water partition coefficient (Wildman–Crippen LogP) is 1.54. The summed E-state index contributed by atoms with van der Waals surface area (Å²) >= 11 is 1.81. The monoisotopic (exact) mass is 312 g/mol. The highest BCUT2D eigenvalue weighted by atomic mass is 32.2. The van der Waals surface area contributed by atoms with Gasteiger partial charge in [-0.3, -0.25) is 4.99 Å². The van der Waals surface area contributed by atoms with Crippen molar-refractivity contribution in [1.29, 1.82) is 0 Å². The van der Waals surface area contributed by atoms with E-state index in [4.69, 9.17) is 0 Å². The lowest BCUT2D eigenvalue weighted by molar-refractivity contribution is 0.600. The van der Waals surface area contributed by atoms with E-state index in [9.17, 15) is 0 Å². The average molecular weight is 312 g/mol. The molecular weight excluding hydrogens is 284 g/mol. The van der Waals surface area contributed by atoms with Gasteiger partial charge in [-0.2, -0.15) is 11.8 Å². The van der Waals surface area contributed by atoms with Gasteiger partial charge in [-0.1, -0.05) is 13.8 Å². The van der Waals surface area contributed by atoms with Gasteiger partial charge in [0.15, 0.2) is 5.96 Å². The fourth-order valence-electron chi connectivity index (χ4n) is 1.77. The normalized spacial score (nSPS) is 13.2. The van der Waals surface area contributed by atoms with Crippen molar-refractivity contribution in [2.45, 2.75) is 46.2 Å². The Kier molecular flexibility index (Phi) is 8.89. The number of aromatic nitrogens is 3. The minimum absolute atomic E-state index is 0.423. The van der Waals surface area contributed by atoms with E-state index in [1.807, 2.05) is 11.8 Å². The summed E-state index contributed by atoms with van der Waals surface area (Å²) < 4.78 is 2.08. The summed E-state index contributed by atoms with van der Waals surface area (Å²) in [4.78, 5) is 4.60. The van der Waals surface area contributed by atoms with Crippen LogP contribution in [0.2, 0.25) is 0 Å². The lowest BCUT2D eigenvalue weighted by atomic mass is 10.3. The van der Waals surface area contributed by atoms with Crippen molar-refractivity contribution in [2.75, 3.05) is 25.1 Å². The number of aliphatic imine (C=N–C) groups is 1. The van der Waals surface area contributed by atoms with Crippen LogP contribution in [0.1, 0.15) is 33.0 Å². The largest absolute Gasteiger partial charge is 0.355 e. The Balaban J connectivity index is 2.46. The third-order valence-electron chi connectivity index (χ3n) is 3.22. The van der Waals surface area contributed by atoms with Crippen LogP contribution in [-0.2, 0) is 13.0 Å². The molecule has 0 radical (unpaired) electrons. The molecule has 0 bridgehead atoms. The van der Waals surface area contributed by atoms with Crippen molar-refractivity contribution in [3.63, 3.8) is 0 Å². The minimum atomic E-state index is 0.423. The van der Waals surface area contributed by atoms with E-state index in [0.29, 0.717) is 6.04 Å². The molecule has 0 fully saturated rings. The van der Waals surface area contributed by atoms with Gasteiger partial charge in [0.05, 0.1) is 6.54 Å². The van der Waals surface area contributed by atoms with E-state index in [0.717, 1.165) is 50.0 Å². The van der Waals surface area contributed by atoms with Crippen LogP contribution in [0.15, 0.2) is 11.3 Å². The molecular formula is C14H28N6S. The van der Waals surface area contributed by atoms with E-state index in [2.05, 4.69) is 57.4 Å². The molecule has 0 aliphatic carbocycles. The number of hydrogen-bond donors (Lipinski definition) is 2. The standard InChI is InChI=1S/C14H28N6S/c1-5-12(3)18-14(16-8-10-21-4)15-7-9-20-11-17-19-13(20)6-2/h11-12H,5-10H2,1-4H3,(H2,15,16,18). The first-order chi connectivity index (χ1) is 10.2. The molecule has 120 valence electrons. The van der Waals surface area contributed by atoms with Crippen LogP contribution in [0.5, 0.6) is 0 Å². The smallest absolute Gasteiger partial charge is 0.191 e. The fourth-order valence-corrected chi connectivity index (χ4v) is 2.04. The van der Waals surface area contributed by atoms with Gasteiger partial charge in [0.1, 0.15) is 12.2 Å². The summed E-state index contributed by atoms with van der Waals surface area (Å²) in [7, 11) is 0. The lowest BCUT2D eigenvalue weighted by Crippen LogP contribution is -2.43. The van der Waals surface area contributed by atoms with E-state index < -0.39 is 0 Å². The van der Waals surface area contributed by atoms with Gasteiger partial charge in [0.25, 0.3) is 0 Å². The second-order valence-corrected chi connectivity index (χ2v) is 5.88. The molecule has 0 saturated carbocycles. The van der Waals surface area contributed by atoms with Crippen molar-refractivity contribution in [3.05, 3.63) is 12.2 Å². The molecule has 2 N–H and O–H groups in total. The first kappa shape index (κ1) is 17.8. The van der Waals surface area contributed by atoms with Gasteiger partial charge in [-0.15, -0.1) is 10.2 Å². The number of hydrogen-bond acceptors (Lipinski definition) is 4. The van der Waals surface area contributed by atoms with Crippen LogP contribution < -0.4 is 10.6 Å². The Morgan fingerprint density at radius 2 is 2.29 bits per heavy atom. The van der Waals surface area contributed by atoms with E-state index in [-0.39, 0.29) is 0 Å². The first-order valence-electron chi connectivity index (χ1n) is 7.61. The number of nitrogens with zero attached hydrogens (tertiary/aromatic N) is 4. The highest BCUT2D eigenvalue weighted by molar-refractivity contribution is 7.98. The molecule has 0 spiro atoms. The summed E-state index contributed by atoms with van der Waals surface area (Å²) in [5.74, 6) is 2.95. The van der Waals surface area contributed by atoms with Gasteiger partial charge in [-0.25, -0.2) is 0 Å². The fraction of sp³-hybridized carbons (Fsp3) is 0.786. The molecule has 1 aromatic heterocycles. The van der Waals surface area contributed by atoms with Crippen molar-refractivity contribution < 1.29 is 0 Å². The number of guanidine groups is 1. The van der Waals surface area contributed by atoms with E-state index in [1.165, 1.54) is 0 Å². The van der Waals surface area contributed by atoms with Crippen LogP contribution in [0.4, 0.5) is 0 Å². The third-order valence-corrected chi connectivity index (χ3v) is 3.81. The van der Waals surface area contributed by atoms with E-state index in [1.54, 1.807) is 6.33 Å². The van der Waals surface area contributed by atoms with Crippen LogP contribution in [0.25, 0.3) is 0 Å². The summed E-state index contributed by atoms with van der Waals surface area (Å²) in [6.07, 6.45) is 5.87. The molecule has 21 heavy (non-hydrogen) atoms. The molecule has 1 heterocycles. The molecule has 1 unspecified atom stereocenters. The third kappa shape index (κ3) is 6.84. The molecule has 6 nitrogen and oxygen atoms in total. The van der Waals surface area contributed by atoms with Crippen LogP contribution in [0, 0.1) is 0 Å². The molecule has 0 aliphatic heterocycles. The highest BCUT2D eigenvalue weighted by Crippen LogP contribution is 1.95. The molecule has 7 heteroatoms. The van der Waals surface area contributed by atoms with Crippen molar-refractivity contribution >= 4 is 17.7 Å². The zero-order valence-corrected chi connectivity index (χ0v) is 14.4. The Morgan fingerprint density at radius 3 is 2.95 bits per heavy atom. The highest BCUT2D eigenvalue weighted by Gasteiger charge is 2.04. The Labute approximate surface area is 132 Å². The number of thioether (sulfide) groups is 1. The maximum atomic E-state index is 4.60. The zero-order valence-electron chi connectivity index (χ0n) is 13.6. The topological polar surface area (TPSA) is 67.1 Å². The number of aryl methyl sites for hydroxylation is 1. The van der Waals surface area contributed by atoms with Crippen molar-refractivity contribution in [3.8, 4) is 0 Å². The Hall–Kier alpha value is -1.24. The zero-order chi connectivity index (χ0) is 15.5. The molecule has 0 aliphatic rings. The number of nitrogens with one attached hydrogen (secondary N) is 2. The minimum Gasteiger partial charge on any atom is -0.355 e. The van der Waals surface area contributed by atoms with Crippen LogP contribution >= 0.6 is 11.8 Å². The van der Waals surface area contributed by atoms with Crippen molar-refractivity contribution in [2.24, 2.45) is 4.99 Å². The molecule has 0 amide bonds. The van der Waals surface area contributed by atoms with E-state index >= 15 is 0 Å². The molecule has 1 atom stereocenters. The van der Waals surface area contributed by atoms with Gasteiger partial charge in [0.2, 0.25) is 0 Å². The maximum absolute atomic E-state index is 4.60. The molecule has 0 aromatic carbocycles. The second kappa shape index (κ2) is 10.5. The van der Waals surface area contributed by atoms with Gasteiger partial charge < -0.3 is 15.2 Å². The summed E-state index contributed by atoms with van der Waals surface area (Å²) in [6, 6.07) is 0.423. The summed E-state index contributed by atoms with van der Waals surface area (Å²) in [6.45, 7) is 8.92. The average Bonchev–Trinajstić information content (AvgIpc) is 2.94. The predicted molar refractivity (Wildman–Crippen MR) is 91.0 cm³/mol. The van der Waals surface area contributed by atoms with Gasteiger partial charge in [0, 0.05) is 31.3 Å². The number of rotatable bonds is 9. The Morgan fingerprint density at radius 1 is 1.48 bits per heavy atom. The lowest BCUT2D eigenvalue weighted by Gasteiger charge is -2.17. The quantitative estimate of drug-likeness (QED) is 0.411. The SMILES string of the molecule is CCc1nncn1CCNC(=NCCSC)NC(C)CC. The van der Waals surface area contributed by atoms with Crippen molar-refractivity contribution in [1.82, 2.24) is 25.4 Å². The van der Waals surface area contributed by atoms with Gasteiger partial charge in [-0.05, 0) is 19.6 Å². The molecule has 0 saturated heterocycles. The Bertz CT molecular complexity index is 417.